The predicted octanol–water partition coefficient (Wildman–Crippen LogP) is 12.6. The molecule has 6 heteroatoms. The first kappa shape index (κ1) is 37.5. The van der Waals surface area contributed by atoms with Gasteiger partial charge in [0.1, 0.15) is 17.2 Å². The summed E-state index contributed by atoms with van der Waals surface area (Å²) in [4.78, 5) is 13.5. The smallest absolute Gasteiger partial charge is 0.124 e. The number of aromatic hydroxyl groups is 3. The van der Waals surface area contributed by atoms with E-state index in [2.05, 4.69) is 69.6 Å². The molecule has 0 saturated heterocycles. The number of rotatable bonds is 12. The Kier molecular flexibility index (Phi) is 12.1. The minimum atomic E-state index is 0.196. The van der Waals surface area contributed by atoms with Gasteiger partial charge in [0, 0.05) is 35.3 Å². The average Bonchev–Trinajstić information content (AvgIpc) is 3.24. The third kappa shape index (κ3) is 10.9. The van der Waals surface area contributed by atoms with Crippen molar-refractivity contribution in [2.75, 3.05) is 0 Å². The minimum absolute atomic E-state index is 0.196. The van der Waals surface area contributed by atoms with E-state index in [1.807, 2.05) is 109 Å². The second-order valence-corrected chi connectivity index (χ2v) is 13.2. The Morgan fingerprint density at radius 1 is 0.281 bits per heavy atom. The van der Waals surface area contributed by atoms with Crippen molar-refractivity contribution in [3.05, 3.63) is 214 Å². The zero-order valence-corrected chi connectivity index (χ0v) is 31.0. The molecule has 0 fully saturated rings. The van der Waals surface area contributed by atoms with Crippen LogP contribution in [0.1, 0.15) is 50.1 Å². The van der Waals surface area contributed by atoms with E-state index in [-0.39, 0.29) is 17.2 Å². The van der Waals surface area contributed by atoms with Crippen LogP contribution in [0.2, 0.25) is 0 Å². The molecule has 0 saturated carbocycles. The molecule has 0 aliphatic carbocycles. The largest absolute Gasteiger partial charge is 0.507 e. The van der Waals surface area contributed by atoms with Gasteiger partial charge in [0.25, 0.3) is 0 Å². The van der Waals surface area contributed by atoms with Gasteiger partial charge in [-0.25, -0.2) is 0 Å². The van der Waals surface area contributed by atoms with Crippen LogP contribution < -0.4 is 0 Å². The van der Waals surface area contributed by atoms with E-state index < -0.39 is 0 Å². The lowest BCUT2D eigenvalue weighted by Crippen LogP contribution is -1.83. The van der Waals surface area contributed by atoms with E-state index in [9.17, 15) is 15.3 Å². The Hall–Kier alpha value is -7.83. The number of para-hydroxylation sites is 3. The minimum Gasteiger partial charge on any atom is -0.507 e. The van der Waals surface area contributed by atoms with Crippen LogP contribution in [0.4, 0.5) is 17.1 Å². The van der Waals surface area contributed by atoms with Crippen LogP contribution >= 0.6 is 0 Å². The first-order chi connectivity index (χ1) is 27.9. The van der Waals surface area contributed by atoms with Crippen LogP contribution in [0.3, 0.4) is 0 Å². The number of hydrogen-bond acceptors (Lipinski definition) is 6. The van der Waals surface area contributed by atoms with E-state index in [0.717, 1.165) is 50.4 Å². The molecule has 0 heterocycles. The molecule has 0 spiro atoms. The molecule has 7 aromatic rings. The van der Waals surface area contributed by atoms with Crippen LogP contribution in [0, 0.1) is 0 Å². The Balaban J connectivity index is 1.09. The van der Waals surface area contributed by atoms with Gasteiger partial charge in [0.05, 0.1) is 17.1 Å². The summed E-state index contributed by atoms with van der Waals surface area (Å²) in [6.45, 7) is 0. The lowest BCUT2D eigenvalue weighted by molar-refractivity contribution is 0.474. The quantitative estimate of drug-likeness (QED) is 0.0859. The molecule has 276 valence electrons. The summed E-state index contributed by atoms with van der Waals surface area (Å²) < 4.78 is 0. The molecule has 0 aliphatic rings. The van der Waals surface area contributed by atoms with Crippen LogP contribution in [-0.2, 0) is 0 Å². The van der Waals surface area contributed by atoms with Crippen LogP contribution in [0.25, 0.3) is 36.5 Å². The fraction of sp³-hybridized carbons (Fsp3) is 0. The maximum Gasteiger partial charge on any atom is 0.124 e. The van der Waals surface area contributed by atoms with Gasteiger partial charge in [0.2, 0.25) is 0 Å². The van der Waals surface area contributed by atoms with Crippen molar-refractivity contribution < 1.29 is 15.3 Å². The summed E-state index contributed by atoms with van der Waals surface area (Å²) in [5, 5.41) is 30.1. The van der Waals surface area contributed by atoms with Crippen LogP contribution in [-0.4, -0.2) is 34.0 Å². The first-order valence-corrected chi connectivity index (χ1v) is 18.4. The molecular weight excluding hydrogens is 703 g/mol. The molecule has 6 nitrogen and oxygen atoms in total. The standard InChI is InChI=1S/C51H39N3O3/c55-49-10-4-1-7-43(49)34-52-46-25-19-37(20-26-46)13-16-40-31-41(17-14-38-21-27-47(28-22-38)53-35-44-8-2-5-11-50(44)56)33-42(32-40)18-15-39-23-29-48(30-24-39)54-36-45-9-3-6-12-51(45)57/h1-36,55-57H/b16-13+,17-14+,18-15+,52-34?,53-35?,54-36?. The highest BCUT2D eigenvalue weighted by molar-refractivity contribution is 5.87. The predicted molar refractivity (Wildman–Crippen MR) is 239 cm³/mol. The highest BCUT2D eigenvalue weighted by Gasteiger charge is 2.01. The lowest BCUT2D eigenvalue weighted by atomic mass is 10.0. The highest BCUT2D eigenvalue weighted by atomic mass is 16.3. The summed E-state index contributed by atoms with van der Waals surface area (Å²) in [7, 11) is 0. The molecule has 0 amide bonds. The normalized spacial score (nSPS) is 12.0. The Labute approximate surface area is 332 Å². The van der Waals surface area contributed by atoms with Crippen molar-refractivity contribution in [2.45, 2.75) is 0 Å². The van der Waals surface area contributed by atoms with Crippen molar-refractivity contribution in [2.24, 2.45) is 15.0 Å². The number of nitrogens with zero attached hydrogens (tertiary/aromatic N) is 3. The van der Waals surface area contributed by atoms with E-state index in [4.69, 9.17) is 0 Å². The van der Waals surface area contributed by atoms with Crippen molar-refractivity contribution in [1.82, 2.24) is 0 Å². The Morgan fingerprint density at radius 3 is 0.789 bits per heavy atom. The fourth-order valence-electron chi connectivity index (χ4n) is 5.81. The molecular formula is C51H39N3O3. The molecule has 0 aliphatic heterocycles. The van der Waals surface area contributed by atoms with Gasteiger partial charge >= 0.3 is 0 Å². The van der Waals surface area contributed by atoms with Crippen molar-refractivity contribution in [3.63, 3.8) is 0 Å². The average molecular weight is 742 g/mol. The molecule has 0 aromatic heterocycles. The SMILES string of the molecule is Oc1ccccc1C=Nc1ccc(/C=C/c2cc(/C=C/c3ccc(N=Cc4ccccc4O)cc3)cc(/C=C/c3ccc(N=Cc4ccccc4O)cc3)c2)cc1. The zero-order chi connectivity index (χ0) is 39.2. The third-order valence-electron chi connectivity index (χ3n) is 8.95. The monoisotopic (exact) mass is 741 g/mol. The second-order valence-electron chi connectivity index (χ2n) is 13.2. The molecule has 57 heavy (non-hydrogen) atoms. The van der Waals surface area contributed by atoms with Crippen LogP contribution in [0.15, 0.2) is 179 Å². The Bertz CT molecular complexity index is 2330. The van der Waals surface area contributed by atoms with E-state index in [1.165, 1.54) is 0 Å². The summed E-state index contributed by atoms with van der Waals surface area (Å²) in [5.74, 6) is 0.588. The third-order valence-corrected chi connectivity index (χ3v) is 8.95. The molecule has 0 radical (unpaired) electrons. The van der Waals surface area contributed by atoms with Gasteiger partial charge in [-0.3, -0.25) is 15.0 Å². The molecule has 0 bridgehead atoms. The molecule has 7 aromatic carbocycles. The lowest BCUT2D eigenvalue weighted by Gasteiger charge is -2.04. The van der Waals surface area contributed by atoms with Gasteiger partial charge in [0.15, 0.2) is 0 Å². The Morgan fingerprint density at radius 2 is 0.526 bits per heavy atom. The van der Waals surface area contributed by atoms with Crippen LogP contribution in [0.5, 0.6) is 17.2 Å². The second kappa shape index (κ2) is 18.5. The summed E-state index contributed by atoms with van der Waals surface area (Å²) >= 11 is 0. The van der Waals surface area contributed by atoms with Crippen molar-refractivity contribution in [3.8, 4) is 17.2 Å². The van der Waals surface area contributed by atoms with Gasteiger partial charge in [-0.2, -0.15) is 0 Å². The number of phenolic OH excluding ortho intramolecular Hbond substituents is 3. The van der Waals surface area contributed by atoms with E-state index in [0.29, 0.717) is 16.7 Å². The maximum atomic E-state index is 10.0. The summed E-state index contributed by atoms with van der Waals surface area (Å²) in [6.07, 6.45) is 17.5. The van der Waals surface area contributed by atoms with Crippen molar-refractivity contribution in [1.29, 1.82) is 0 Å². The first-order valence-electron chi connectivity index (χ1n) is 18.4. The topological polar surface area (TPSA) is 97.8 Å². The van der Waals surface area contributed by atoms with Gasteiger partial charge in [-0.05, 0) is 124 Å². The fourth-order valence-corrected chi connectivity index (χ4v) is 5.81. The van der Waals surface area contributed by atoms with Gasteiger partial charge < -0.3 is 15.3 Å². The van der Waals surface area contributed by atoms with E-state index in [1.54, 1.807) is 55.0 Å². The van der Waals surface area contributed by atoms with E-state index >= 15 is 0 Å². The maximum absolute atomic E-state index is 10.0. The molecule has 0 atom stereocenters. The van der Waals surface area contributed by atoms with Crippen molar-refractivity contribution >= 4 is 72.2 Å². The molecule has 0 unspecified atom stereocenters. The summed E-state index contributed by atoms with van der Waals surface area (Å²) in [5.41, 5.74) is 10.6. The zero-order valence-electron chi connectivity index (χ0n) is 31.0. The number of aliphatic imine (C=N–C) groups is 3. The number of benzene rings is 7. The molecule has 7 rings (SSSR count). The highest BCUT2D eigenvalue weighted by Crippen LogP contribution is 2.23. The summed E-state index contributed by atoms with van der Waals surface area (Å²) in [6, 6.07) is 51.6. The van der Waals surface area contributed by atoms with Gasteiger partial charge in [-0.15, -0.1) is 0 Å². The van der Waals surface area contributed by atoms with Gasteiger partial charge in [-0.1, -0.05) is 109 Å². The molecule has 3 N–H and O–H groups in total. The number of phenols is 3. The number of hydrogen-bond donors (Lipinski definition) is 3.